The van der Waals surface area contributed by atoms with Crippen molar-refractivity contribution in [1.29, 1.82) is 0 Å². The molecule has 3 heterocycles. The van der Waals surface area contributed by atoms with E-state index in [1.165, 1.54) is 5.56 Å². The number of nitrogens with one attached hydrogen (secondary N) is 1. The summed E-state index contributed by atoms with van der Waals surface area (Å²) in [6, 6.07) is 12.4. The van der Waals surface area contributed by atoms with E-state index in [0.29, 0.717) is 32.8 Å². The molecule has 3 aromatic rings. The molecule has 1 unspecified atom stereocenters. The number of aryl methyl sites for hydroxylation is 1. The molecule has 0 aliphatic carbocycles. The molecule has 9 heteroatoms. The van der Waals surface area contributed by atoms with Crippen LogP contribution in [0.25, 0.3) is 5.65 Å². The molecule has 4 rings (SSSR count). The van der Waals surface area contributed by atoms with Crippen molar-refractivity contribution in [2.45, 2.75) is 64.5 Å². The molecule has 2 atom stereocenters. The topological polar surface area (TPSA) is 107 Å². The van der Waals surface area contributed by atoms with Crippen LogP contribution in [0.4, 0.5) is 4.79 Å². The maximum atomic E-state index is 12.2. The number of fused-ring (bicyclic) bond motifs is 1. The van der Waals surface area contributed by atoms with Crippen molar-refractivity contribution in [3.8, 4) is 5.75 Å². The molecule has 0 saturated carbocycles. The predicted octanol–water partition coefficient (Wildman–Crippen LogP) is 3.86. The zero-order chi connectivity index (χ0) is 26.8. The van der Waals surface area contributed by atoms with Crippen molar-refractivity contribution >= 4 is 11.7 Å². The van der Waals surface area contributed by atoms with Gasteiger partial charge >= 0.3 is 6.09 Å². The van der Waals surface area contributed by atoms with Gasteiger partial charge in [0, 0.05) is 38.0 Å². The van der Waals surface area contributed by atoms with E-state index in [1.807, 2.05) is 58.2 Å². The van der Waals surface area contributed by atoms with E-state index >= 15 is 0 Å². The Labute approximate surface area is 219 Å². The molecule has 200 valence electrons. The largest absolute Gasteiger partial charge is 0.491 e. The first kappa shape index (κ1) is 26.9. The smallest absolute Gasteiger partial charge is 0.410 e. The summed E-state index contributed by atoms with van der Waals surface area (Å²) in [5, 5.41) is 8.16. The van der Waals surface area contributed by atoms with Gasteiger partial charge in [0.2, 0.25) is 0 Å². The Bertz CT molecular complexity index is 1210. The lowest BCUT2D eigenvalue weighted by molar-refractivity contribution is -0.00773. The lowest BCUT2D eigenvalue weighted by Crippen LogP contribution is -2.72. The van der Waals surface area contributed by atoms with Gasteiger partial charge in [0.1, 0.15) is 11.4 Å². The summed E-state index contributed by atoms with van der Waals surface area (Å²) in [6.45, 7) is 14.7. The number of likely N-dealkylation sites (tertiary alicyclic amines) is 1. The van der Waals surface area contributed by atoms with Crippen LogP contribution in [0.5, 0.6) is 5.75 Å². The van der Waals surface area contributed by atoms with Gasteiger partial charge in [0.15, 0.2) is 11.5 Å². The van der Waals surface area contributed by atoms with Crippen LogP contribution < -0.4 is 15.8 Å². The van der Waals surface area contributed by atoms with Crippen LogP contribution in [-0.2, 0) is 4.74 Å². The highest BCUT2D eigenvalue weighted by molar-refractivity contribution is 5.69. The molecule has 9 nitrogen and oxygen atoms in total. The van der Waals surface area contributed by atoms with E-state index in [4.69, 9.17) is 25.3 Å². The second kappa shape index (κ2) is 10.7. The van der Waals surface area contributed by atoms with Crippen molar-refractivity contribution in [2.24, 2.45) is 5.73 Å². The van der Waals surface area contributed by atoms with Gasteiger partial charge in [0.25, 0.3) is 0 Å². The number of amides is 1. The number of benzene rings is 1. The van der Waals surface area contributed by atoms with Gasteiger partial charge < -0.3 is 25.4 Å². The van der Waals surface area contributed by atoms with Crippen LogP contribution in [0, 0.1) is 6.92 Å². The number of aromatic nitrogens is 3. The summed E-state index contributed by atoms with van der Waals surface area (Å²) in [4.78, 5) is 18.6. The summed E-state index contributed by atoms with van der Waals surface area (Å²) >= 11 is 0. The molecule has 0 bridgehead atoms. The number of carbonyl (C=O) groups excluding carboxylic acids is 1. The molecule has 1 saturated heterocycles. The first-order valence-electron chi connectivity index (χ1n) is 12.9. The molecular weight excluding hydrogens is 468 g/mol. The van der Waals surface area contributed by atoms with E-state index in [-0.39, 0.29) is 17.9 Å². The molecule has 0 radical (unpaired) electrons. The van der Waals surface area contributed by atoms with Gasteiger partial charge in [-0.2, -0.15) is 5.10 Å². The quantitative estimate of drug-likeness (QED) is 0.452. The van der Waals surface area contributed by atoms with Crippen LogP contribution >= 0.6 is 0 Å². The molecule has 3 N–H and O–H groups in total. The van der Waals surface area contributed by atoms with Crippen molar-refractivity contribution in [2.75, 3.05) is 32.8 Å². The number of ether oxygens (including phenoxy) is 2. The van der Waals surface area contributed by atoms with Crippen molar-refractivity contribution in [1.82, 2.24) is 24.8 Å². The predicted molar refractivity (Wildman–Crippen MR) is 144 cm³/mol. The first-order valence-corrected chi connectivity index (χ1v) is 12.9. The third-order valence-electron chi connectivity index (χ3n) is 6.51. The molecule has 1 amide bonds. The zero-order valence-electron chi connectivity index (χ0n) is 22.8. The van der Waals surface area contributed by atoms with Crippen LogP contribution in [0.2, 0.25) is 0 Å². The fraction of sp³-hybridized carbons (Fsp3) is 0.536. The first-order chi connectivity index (χ1) is 17.4. The molecule has 37 heavy (non-hydrogen) atoms. The number of rotatable bonds is 9. The summed E-state index contributed by atoms with van der Waals surface area (Å²) in [7, 11) is 0. The monoisotopic (exact) mass is 508 g/mol. The highest BCUT2D eigenvalue weighted by atomic mass is 16.6. The van der Waals surface area contributed by atoms with Gasteiger partial charge in [-0.15, -0.1) is 0 Å². The molecule has 1 aliphatic heterocycles. The number of nitrogens with zero attached hydrogens (tertiary/aromatic N) is 4. The third-order valence-corrected chi connectivity index (χ3v) is 6.51. The Morgan fingerprint density at radius 1 is 1.19 bits per heavy atom. The number of hydrogen-bond donors (Lipinski definition) is 2. The fourth-order valence-electron chi connectivity index (χ4n) is 4.43. The van der Waals surface area contributed by atoms with Crippen LogP contribution in [0.15, 0.2) is 42.6 Å². The van der Waals surface area contributed by atoms with E-state index in [1.54, 1.807) is 9.42 Å². The minimum absolute atomic E-state index is 0.0902. The summed E-state index contributed by atoms with van der Waals surface area (Å²) in [6.07, 6.45) is 1.58. The minimum atomic E-state index is -0.509. The van der Waals surface area contributed by atoms with Crippen molar-refractivity contribution in [3.63, 3.8) is 0 Å². The Kier molecular flexibility index (Phi) is 7.75. The molecule has 0 spiro atoms. The van der Waals surface area contributed by atoms with Crippen LogP contribution in [0.3, 0.4) is 0 Å². The van der Waals surface area contributed by atoms with Crippen LogP contribution in [0.1, 0.15) is 63.4 Å². The maximum Gasteiger partial charge on any atom is 0.410 e. The van der Waals surface area contributed by atoms with E-state index in [0.717, 1.165) is 22.8 Å². The summed E-state index contributed by atoms with van der Waals surface area (Å²) in [5.74, 6) is 1.92. The Morgan fingerprint density at radius 2 is 1.89 bits per heavy atom. The number of pyridine rings is 1. The summed E-state index contributed by atoms with van der Waals surface area (Å²) in [5.41, 5.74) is 8.57. The third kappa shape index (κ3) is 6.78. The van der Waals surface area contributed by atoms with Crippen molar-refractivity contribution in [3.05, 3.63) is 59.5 Å². The summed E-state index contributed by atoms with van der Waals surface area (Å²) < 4.78 is 13.3. The Morgan fingerprint density at radius 3 is 2.57 bits per heavy atom. The lowest BCUT2D eigenvalue weighted by atomic mass is 9.91. The number of hydrogen-bond acceptors (Lipinski definition) is 7. The molecular formula is C28H40N6O3. The Balaban J connectivity index is 1.29. The second-order valence-corrected chi connectivity index (χ2v) is 11.5. The Hall–Kier alpha value is -3.17. The van der Waals surface area contributed by atoms with Gasteiger partial charge in [-0.3, -0.25) is 0 Å². The number of nitrogens with two attached hydrogens (primary N) is 1. The number of carbonyl (C=O) groups is 1. The average molecular weight is 509 g/mol. The standard InChI is InChI=1S/C28H40N6O3/c1-19-12-23(36-15-21(3)22-10-8-7-9-11-22)14-34-25(19)31-24(32-34)20(2)13-30-16-28(29)17-33(18-28)26(35)37-27(4,5)6/h7-12,14,20-21,30H,13,15-18,29H2,1-6H3/t20?,21-/m0/s1. The van der Waals surface area contributed by atoms with Gasteiger partial charge in [-0.25, -0.2) is 14.3 Å². The van der Waals surface area contributed by atoms with Gasteiger partial charge in [-0.05, 0) is 44.9 Å². The van der Waals surface area contributed by atoms with E-state index < -0.39 is 11.1 Å². The molecule has 1 aromatic carbocycles. The highest BCUT2D eigenvalue weighted by Crippen LogP contribution is 2.23. The minimum Gasteiger partial charge on any atom is -0.491 e. The molecule has 2 aromatic heterocycles. The average Bonchev–Trinajstić information content (AvgIpc) is 3.25. The van der Waals surface area contributed by atoms with E-state index in [2.05, 4.69) is 31.3 Å². The van der Waals surface area contributed by atoms with E-state index in [9.17, 15) is 4.79 Å². The normalized spacial score (nSPS) is 16.8. The fourth-order valence-corrected chi connectivity index (χ4v) is 4.43. The highest BCUT2D eigenvalue weighted by Gasteiger charge is 2.43. The van der Waals surface area contributed by atoms with Gasteiger partial charge in [-0.1, -0.05) is 44.2 Å². The zero-order valence-corrected chi connectivity index (χ0v) is 22.8. The SMILES string of the molecule is Cc1cc(OC[C@H](C)c2ccccc2)cn2nc(C(C)CNCC3(N)CN(C(=O)OC(C)(C)C)C3)nc12. The van der Waals surface area contributed by atoms with Gasteiger partial charge in [0.05, 0.1) is 18.3 Å². The van der Waals surface area contributed by atoms with Crippen molar-refractivity contribution < 1.29 is 14.3 Å². The molecule has 1 aliphatic rings. The molecule has 1 fully saturated rings. The maximum absolute atomic E-state index is 12.2. The van der Waals surface area contributed by atoms with Crippen LogP contribution in [-0.4, -0.2) is 69.5 Å². The lowest BCUT2D eigenvalue weighted by Gasteiger charge is -2.47. The second-order valence-electron chi connectivity index (χ2n) is 11.5.